The number of hydrogen-bond donors (Lipinski definition) is 0. The molecular formula is C23H56O3Si4. The minimum Gasteiger partial charge on any atom is -0.417 e. The summed E-state index contributed by atoms with van der Waals surface area (Å²) >= 11 is 0. The van der Waals surface area contributed by atoms with Crippen LogP contribution >= 0.6 is 0 Å². The summed E-state index contributed by atoms with van der Waals surface area (Å²) in [7, 11) is -6.15. The van der Waals surface area contributed by atoms with Crippen molar-refractivity contribution in [1.29, 1.82) is 0 Å². The van der Waals surface area contributed by atoms with Gasteiger partial charge in [0.15, 0.2) is 17.4 Å². The Labute approximate surface area is 195 Å². The Kier molecular flexibility index (Phi) is 11.5. The van der Waals surface area contributed by atoms with Crippen LogP contribution in [0, 0.1) is 0 Å². The van der Waals surface area contributed by atoms with Crippen LogP contribution in [0.1, 0.15) is 74.1 Å². The summed E-state index contributed by atoms with van der Waals surface area (Å²) in [4.78, 5) is 0. The van der Waals surface area contributed by atoms with Gasteiger partial charge in [0.25, 0.3) is 0 Å². The second kappa shape index (κ2) is 11.2. The van der Waals surface area contributed by atoms with E-state index in [0.29, 0.717) is 0 Å². The highest BCUT2D eigenvalue weighted by molar-refractivity contribution is 6.79. The van der Waals surface area contributed by atoms with E-state index in [1.54, 1.807) is 0 Å². The first kappa shape index (κ1) is 30.7. The van der Waals surface area contributed by atoms with Crippen molar-refractivity contribution in [2.24, 2.45) is 0 Å². The van der Waals surface area contributed by atoms with Crippen LogP contribution in [0.15, 0.2) is 0 Å². The molecule has 0 rings (SSSR count). The first-order valence-electron chi connectivity index (χ1n) is 12.4. The average molecular weight is 493 g/mol. The van der Waals surface area contributed by atoms with Crippen molar-refractivity contribution in [3.63, 3.8) is 0 Å². The van der Waals surface area contributed by atoms with Gasteiger partial charge in [-0.05, 0) is 72.3 Å². The zero-order valence-electron chi connectivity index (χ0n) is 23.3. The third-order valence-electron chi connectivity index (χ3n) is 7.96. The van der Waals surface area contributed by atoms with Crippen LogP contribution in [0.4, 0.5) is 0 Å². The van der Waals surface area contributed by atoms with Gasteiger partial charge in [0.05, 0.1) is 13.3 Å². The van der Waals surface area contributed by atoms with E-state index in [-0.39, 0.29) is 21.6 Å². The Bertz CT molecular complexity index is 520. The lowest BCUT2D eigenvalue weighted by atomic mass is 9.98. The lowest BCUT2D eigenvalue weighted by Gasteiger charge is -2.49. The van der Waals surface area contributed by atoms with Crippen molar-refractivity contribution in [3.8, 4) is 0 Å². The third kappa shape index (κ3) is 7.66. The van der Waals surface area contributed by atoms with E-state index < -0.39 is 34.5 Å². The lowest BCUT2D eigenvalue weighted by molar-refractivity contribution is 0.0717. The van der Waals surface area contributed by atoms with Crippen molar-refractivity contribution in [2.75, 3.05) is 0 Å². The van der Waals surface area contributed by atoms with Gasteiger partial charge in [-0.3, -0.25) is 0 Å². The van der Waals surface area contributed by atoms with Crippen molar-refractivity contribution in [2.45, 2.75) is 148 Å². The molecule has 0 aromatic rings. The van der Waals surface area contributed by atoms with Crippen LogP contribution in [0.2, 0.25) is 57.4 Å². The molecule has 0 amide bonds. The fourth-order valence-corrected chi connectivity index (χ4v) is 15.3. The Morgan fingerprint density at radius 3 is 1.57 bits per heavy atom. The van der Waals surface area contributed by atoms with Crippen LogP contribution in [-0.2, 0) is 13.3 Å². The minimum absolute atomic E-state index is 0.0370. The minimum atomic E-state index is -1.63. The molecule has 6 atom stereocenters. The van der Waals surface area contributed by atoms with Crippen molar-refractivity contribution in [3.05, 3.63) is 0 Å². The van der Waals surface area contributed by atoms with Crippen molar-refractivity contribution < 1.29 is 13.3 Å². The van der Waals surface area contributed by atoms with E-state index in [0.717, 1.165) is 25.7 Å². The fraction of sp³-hybridized carbons (Fsp3) is 1.00. The van der Waals surface area contributed by atoms with Crippen molar-refractivity contribution in [1.82, 2.24) is 0 Å². The summed E-state index contributed by atoms with van der Waals surface area (Å²) in [6.07, 6.45) is 4.54. The molecule has 0 aromatic carbocycles. The van der Waals surface area contributed by atoms with Gasteiger partial charge in [0.2, 0.25) is 9.04 Å². The summed E-state index contributed by atoms with van der Waals surface area (Å²) in [5.74, 6) is 0. The average Bonchev–Trinajstić information content (AvgIpc) is 2.62. The van der Waals surface area contributed by atoms with Gasteiger partial charge >= 0.3 is 0 Å². The van der Waals surface area contributed by atoms with Crippen LogP contribution in [0.25, 0.3) is 0 Å². The van der Waals surface area contributed by atoms with Gasteiger partial charge in [-0.1, -0.05) is 54.3 Å². The zero-order valence-corrected chi connectivity index (χ0v) is 27.6. The molecule has 0 aromatic heterocycles. The normalized spacial score (nSPS) is 22.5. The Balaban J connectivity index is 5.76. The number of hydrogen-bond acceptors (Lipinski definition) is 3. The molecule has 0 aliphatic carbocycles. The van der Waals surface area contributed by atoms with Gasteiger partial charge in [-0.25, -0.2) is 0 Å². The second-order valence-corrected chi connectivity index (χ2v) is 27.6. The second-order valence-electron chi connectivity index (χ2n) is 12.0. The maximum atomic E-state index is 7.08. The van der Waals surface area contributed by atoms with E-state index in [1.165, 1.54) is 0 Å². The summed E-state index contributed by atoms with van der Waals surface area (Å²) < 4.78 is 20.8. The molecule has 0 aliphatic heterocycles. The molecule has 0 saturated heterocycles. The third-order valence-corrected chi connectivity index (χ3v) is 19.7. The number of rotatable bonds is 14. The molecular weight excluding hydrogens is 437 g/mol. The molecule has 0 spiro atoms. The molecule has 0 aliphatic rings. The molecule has 0 heterocycles. The summed E-state index contributed by atoms with van der Waals surface area (Å²) in [6, 6.07) is 0. The van der Waals surface area contributed by atoms with E-state index >= 15 is 0 Å². The monoisotopic (exact) mass is 492 g/mol. The molecule has 0 bridgehead atoms. The van der Waals surface area contributed by atoms with Crippen LogP contribution in [0.5, 0.6) is 0 Å². The molecule has 182 valence electrons. The molecule has 4 unspecified atom stereocenters. The molecule has 7 heteroatoms. The first-order valence-corrected chi connectivity index (χ1v) is 23.7. The summed E-state index contributed by atoms with van der Waals surface area (Å²) in [6.45, 7) is 35.3. The highest BCUT2D eigenvalue weighted by Crippen LogP contribution is 2.45. The lowest BCUT2D eigenvalue weighted by Crippen LogP contribution is -2.58. The quantitative estimate of drug-likeness (QED) is 0.238. The fourth-order valence-electron chi connectivity index (χ4n) is 4.34. The van der Waals surface area contributed by atoms with Gasteiger partial charge in [-0.15, -0.1) is 0 Å². The standard InChI is InChI=1S/C23H56O3Si4/c1-16-20(24-28(9)22(6,18-3)26-30(13,14)15)21(5,17-2)27(8)25-23(7,19-4)29(10,11)12/h20,27-28H,16-19H2,1-15H3/t20?,21?,22-,23+,27?,28?/m1/s1. The Morgan fingerprint density at radius 2 is 1.27 bits per heavy atom. The van der Waals surface area contributed by atoms with Gasteiger partial charge in [0, 0.05) is 16.4 Å². The van der Waals surface area contributed by atoms with Crippen molar-refractivity contribution >= 4 is 34.5 Å². The van der Waals surface area contributed by atoms with Gasteiger partial charge in [0.1, 0.15) is 0 Å². The zero-order chi connectivity index (χ0) is 24.2. The predicted octanol–water partition coefficient (Wildman–Crippen LogP) is 7.28. The Hall–Kier alpha value is 0.748. The SMILES string of the molecule is CCC(O[SiH](C)[C@](C)(CC)O[Si](C)(C)C)C(C)(CC)[SiH](C)O[C@](C)(CC)[Si](C)(C)C. The highest BCUT2D eigenvalue weighted by atomic mass is 28.4. The molecule has 0 N–H and O–H groups in total. The summed E-state index contributed by atoms with van der Waals surface area (Å²) in [5, 5.41) is 0.0592. The largest absolute Gasteiger partial charge is 0.417 e. The molecule has 30 heavy (non-hydrogen) atoms. The van der Waals surface area contributed by atoms with E-state index in [1.807, 2.05) is 0 Å². The van der Waals surface area contributed by atoms with Gasteiger partial charge in [-0.2, -0.15) is 0 Å². The predicted molar refractivity (Wildman–Crippen MR) is 146 cm³/mol. The smallest absolute Gasteiger partial charge is 0.204 e. The maximum Gasteiger partial charge on any atom is 0.204 e. The van der Waals surface area contributed by atoms with Crippen LogP contribution in [0.3, 0.4) is 0 Å². The van der Waals surface area contributed by atoms with Crippen LogP contribution < -0.4 is 0 Å². The molecule has 0 radical (unpaired) electrons. The highest BCUT2D eigenvalue weighted by Gasteiger charge is 2.48. The topological polar surface area (TPSA) is 27.7 Å². The molecule has 0 saturated carbocycles. The van der Waals surface area contributed by atoms with E-state index in [2.05, 4.69) is 101 Å². The van der Waals surface area contributed by atoms with E-state index in [4.69, 9.17) is 13.3 Å². The van der Waals surface area contributed by atoms with Crippen LogP contribution in [-0.4, -0.2) is 51.0 Å². The molecule has 0 fully saturated rings. The summed E-state index contributed by atoms with van der Waals surface area (Å²) in [5.41, 5.74) is 0. The van der Waals surface area contributed by atoms with E-state index in [9.17, 15) is 0 Å². The maximum absolute atomic E-state index is 7.08. The first-order chi connectivity index (χ1) is 13.4. The molecule has 3 nitrogen and oxygen atoms in total. The Morgan fingerprint density at radius 1 is 0.767 bits per heavy atom. The van der Waals surface area contributed by atoms with Gasteiger partial charge < -0.3 is 13.3 Å².